The predicted molar refractivity (Wildman–Crippen MR) is 109 cm³/mol. The van der Waals surface area contributed by atoms with Gasteiger partial charge >= 0.3 is 6.03 Å². The number of nitrogens with zero attached hydrogens (tertiary/aromatic N) is 2. The van der Waals surface area contributed by atoms with Crippen LogP contribution in [0.1, 0.15) is 26.7 Å². The van der Waals surface area contributed by atoms with E-state index < -0.39 is 6.04 Å². The van der Waals surface area contributed by atoms with Crippen molar-refractivity contribution in [2.75, 3.05) is 16.8 Å². The third-order valence-electron chi connectivity index (χ3n) is 4.72. The zero-order valence-corrected chi connectivity index (χ0v) is 16.2. The molecule has 6 nitrogen and oxygen atoms in total. The number of amides is 4. The topological polar surface area (TPSA) is 69.7 Å². The Kier molecular flexibility index (Phi) is 6.09. The van der Waals surface area contributed by atoms with Crippen molar-refractivity contribution in [2.45, 2.75) is 32.7 Å². The summed E-state index contributed by atoms with van der Waals surface area (Å²) in [7, 11) is 0. The number of para-hydroxylation sites is 2. The van der Waals surface area contributed by atoms with Gasteiger partial charge in [0, 0.05) is 12.2 Å². The van der Waals surface area contributed by atoms with E-state index >= 15 is 0 Å². The third kappa shape index (κ3) is 4.39. The minimum absolute atomic E-state index is 0.0686. The Labute approximate surface area is 165 Å². The fourth-order valence-corrected chi connectivity index (χ4v) is 3.21. The molecule has 0 aliphatic carbocycles. The number of hydrogen-bond donors (Lipinski definition) is 1. The molecule has 4 amide bonds. The van der Waals surface area contributed by atoms with Crippen LogP contribution in [-0.4, -0.2) is 35.3 Å². The first-order valence-corrected chi connectivity index (χ1v) is 9.52. The fourth-order valence-electron chi connectivity index (χ4n) is 3.21. The average molecular weight is 379 g/mol. The number of carbonyl (C=O) groups excluding carboxylic acids is 3. The molecule has 0 spiro atoms. The average Bonchev–Trinajstić information content (AvgIpc) is 2.91. The Morgan fingerprint density at radius 1 is 1.00 bits per heavy atom. The van der Waals surface area contributed by atoms with E-state index in [0.717, 1.165) is 6.42 Å². The molecule has 2 aromatic rings. The summed E-state index contributed by atoms with van der Waals surface area (Å²) in [5.41, 5.74) is 1.19. The van der Waals surface area contributed by atoms with Gasteiger partial charge in [-0.2, -0.15) is 0 Å². The lowest BCUT2D eigenvalue weighted by molar-refractivity contribution is -0.124. The van der Waals surface area contributed by atoms with Crippen LogP contribution in [0.15, 0.2) is 60.7 Å². The Bertz CT molecular complexity index is 837. The molecule has 1 atom stereocenters. The van der Waals surface area contributed by atoms with Crippen LogP contribution in [0.2, 0.25) is 0 Å². The van der Waals surface area contributed by atoms with Crippen LogP contribution in [-0.2, 0) is 9.59 Å². The number of hydrogen-bond acceptors (Lipinski definition) is 3. The number of urea groups is 1. The summed E-state index contributed by atoms with van der Waals surface area (Å²) in [4.78, 5) is 41.3. The molecular formula is C22H25N3O3. The Morgan fingerprint density at radius 2 is 1.61 bits per heavy atom. The summed E-state index contributed by atoms with van der Waals surface area (Å²) in [6.45, 7) is 4.57. The zero-order valence-electron chi connectivity index (χ0n) is 16.2. The van der Waals surface area contributed by atoms with E-state index in [-0.39, 0.29) is 24.3 Å². The van der Waals surface area contributed by atoms with Gasteiger partial charge in [0.15, 0.2) is 0 Å². The zero-order chi connectivity index (χ0) is 20.1. The molecule has 0 aromatic heterocycles. The highest BCUT2D eigenvalue weighted by atomic mass is 16.2. The molecule has 28 heavy (non-hydrogen) atoms. The summed E-state index contributed by atoms with van der Waals surface area (Å²) in [6, 6.07) is 16.8. The maximum atomic E-state index is 13.0. The van der Waals surface area contributed by atoms with Crippen LogP contribution in [0.25, 0.3) is 0 Å². The quantitative estimate of drug-likeness (QED) is 0.742. The molecule has 1 N–H and O–H groups in total. The number of anilines is 2. The standard InChI is InChI=1S/C22H25N3O3/c1-16(2)13-14-24-19(15-20(26)23-17-9-5-3-6-10-17)21(27)25(22(24)28)18-11-7-4-8-12-18/h3-12,16,19H,13-15H2,1-2H3,(H,23,26). The van der Waals surface area contributed by atoms with Gasteiger partial charge in [0.2, 0.25) is 5.91 Å². The minimum Gasteiger partial charge on any atom is -0.326 e. The van der Waals surface area contributed by atoms with Gasteiger partial charge < -0.3 is 10.2 Å². The minimum atomic E-state index is -0.796. The van der Waals surface area contributed by atoms with E-state index in [2.05, 4.69) is 19.2 Å². The molecule has 2 aromatic carbocycles. The van der Waals surface area contributed by atoms with Gasteiger partial charge in [0.1, 0.15) is 6.04 Å². The molecule has 1 aliphatic rings. The molecule has 146 valence electrons. The second-order valence-corrected chi connectivity index (χ2v) is 7.30. The van der Waals surface area contributed by atoms with E-state index in [9.17, 15) is 14.4 Å². The summed E-state index contributed by atoms with van der Waals surface area (Å²) >= 11 is 0. The van der Waals surface area contributed by atoms with Gasteiger partial charge in [-0.05, 0) is 36.6 Å². The van der Waals surface area contributed by atoms with Gasteiger partial charge in [-0.3, -0.25) is 9.59 Å². The second kappa shape index (κ2) is 8.69. The molecule has 1 saturated heterocycles. The maximum Gasteiger partial charge on any atom is 0.332 e. The van der Waals surface area contributed by atoms with E-state index in [1.54, 1.807) is 36.4 Å². The van der Waals surface area contributed by atoms with Gasteiger partial charge in [-0.15, -0.1) is 0 Å². The molecule has 1 heterocycles. The Hall–Kier alpha value is -3.15. The summed E-state index contributed by atoms with van der Waals surface area (Å²) < 4.78 is 0. The molecule has 0 bridgehead atoms. The molecule has 1 aliphatic heterocycles. The first-order valence-electron chi connectivity index (χ1n) is 9.52. The van der Waals surface area contributed by atoms with Crippen molar-refractivity contribution < 1.29 is 14.4 Å². The maximum absolute atomic E-state index is 13.0. The Morgan fingerprint density at radius 3 is 2.21 bits per heavy atom. The van der Waals surface area contributed by atoms with Crippen molar-refractivity contribution in [3.8, 4) is 0 Å². The van der Waals surface area contributed by atoms with Crippen molar-refractivity contribution in [1.82, 2.24) is 4.90 Å². The van der Waals surface area contributed by atoms with Crippen LogP contribution in [0.4, 0.5) is 16.2 Å². The molecule has 0 saturated carbocycles. The van der Waals surface area contributed by atoms with Crippen LogP contribution in [0, 0.1) is 5.92 Å². The molecule has 0 radical (unpaired) electrons. The number of imide groups is 1. The van der Waals surface area contributed by atoms with Gasteiger partial charge in [-0.1, -0.05) is 50.2 Å². The lowest BCUT2D eigenvalue weighted by Crippen LogP contribution is -2.39. The lowest BCUT2D eigenvalue weighted by Gasteiger charge is -2.22. The predicted octanol–water partition coefficient (Wildman–Crippen LogP) is 3.90. The summed E-state index contributed by atoms with van der Waals surface area (Å²) in [5, 5.41) is 2.80. The van der Waals surface area contributed by atoms with Crippen LogP contribution in [0.5, 0.6) is 0 Å². The van der Waals surface area contributed by atoms with Crippen LogP contribution >= 0.6 is 0 Å². The van der Waals surface area contributed by atoms with E-state index in [1.807, 2.05) is 24.3 Å². The van der Waals surface area contributed by atoms with Gasteiger partial charge in [0.05, 0.1) is 12.1 Å². The smallest absolute Gasteiger partial charge is 0.326 e. The number of nitrogens with one attached hydrogen (secondary N) is 1. The summed E-state index contributed by atoms with van der Waals surface area (Å²) in [5.74, 6) is -0.266. The SMILES string of the molecule is CC(C)CCN1C(=O)N(c2ccccc2)C(=O)C1CC(=O)Nc1ccccc1. The largest absolute Gasteiger partial charge is 0.332 e. The summed E-state index contributed by atoms with van der Waals surface area (Å²) in [6.07, 6.45) is 0.694. The third-order valence-corrected chi connectivity index (χ3v) is 4.72. The molecule has 6 heteroatoms. The van der Waals surface area contributed by atoms with Gasteiger partial charge in [0.25, 0.3) is 5.91 Å². The van der Waals surface area contributed by atoms with Crippen molar-refractivity contribution in [1.29, 1.82) is 0 Å². The highest BCUT2D eigenvalue weighted by molar-refractivity contribution is 6.22. The molecule has 1 fully saturated rings. The molecular weight excluding hydrogens is 354 g/mol. The first kappa shape index (κ1) is 19.6. The van der Waals surface area contributed by atoms with Crippen molar-refractivity contribution in [3.05, 3.63) is 60.7 Å². The fraction of sp³-hybridized carbons (Fsp3) is 0.318. The lowest BCUT2D eigenvalue weighted by atomic mass is 10.1. The second-order valence-electron chi connectivity index (χ2n) is 7.30. The number of rotatable bonds is 7. The van der Waals surface area contributed by atoms with E-state index in [0.29, 0.717) is 23.8 Å². The molecule has 1 unspecified atom stereocenters. The highest BCUT2D eigenvalue weighted by Crippen LogP contribution is 2.27. The van der Waals surface area contributed by atoms with Crippen molar-refractivity contribution >= 4 is 29.2 Å². The van der Waals surface area contributed by atoms with Crippen LogP contribution < -0.4 is 10.2 Å². The van der Waals surface area contributed by atoms with Gasteiger partial charge in [-0.25, -0.2) is 9.69 Å². The number of carbonyl (C=O) groups is 3. The number of benzene rings is 2. The normalized spacial score (nSPS) is 16.8. The Balaban J connectivity index is 1.80. The van der Waals surface area contributed by atoms with E-state index in [1.165, 1.54) is 9.80 Å². The van der Waals surface area contributed by atoms with E-state index in [4.69, 9.17) is 0 Å². The van der Waals surface area contributed by atoms with Crippen LogP contribution in [0.3, 0.4) is 0 Å². The monoisotopic (exact) mass is 379 g/mol. The highest BCUT2D eigenvalue weighted by Gasteiger charge is 2.46. The molecule has 3 rings (SSSR count). The first-order chi connectivity index (χ1) is 13.5. The van der Waals surface area contributed by atoms with Crippen molar-refractivity contribution in [2.24, 2.45) is 5.92 Å². The van der Waals surface area contributed by atoms with Crippen molar-refractivity contribution in [3.63, 3.8) is 0 Å².